The first-order chi connectivity index (χ1) is 39.4. The maximum absolute atomic E-state index is 14.3. The molecule has 2 rings (SSSR count). The number of aliphatic hydroxyl groups excluding tert-OH is 3. The zero-order valence-corrected chi connectivity index (χ0v) is 48.5. The fourth-order valence-electron chi connectivity index (χ4n) is 8.79. The molecule has 29 heteroatoms. The quantitative estimate of drug-likeness (QED) is 0.0348. The van der Waals surface area contributed by atoms with Crippen LogP contribution in [0.4, 0.5) is 0 Å². The van der Waals surface area contributed by atoms with Crippen LogP contribution in [0.5, 0.6) is 0 Å². The molecule has 12 atom stereocenters. The smallest absolute Gasteiger partial charge is 0.245 e. The summed E-state index contributed by atoms with van der Waals surface area (Å²) in [6.07, 6.45) is 0.0134. The van der Waals surface area contributed by atoms with Gasteiger partial charge in [0.2, 0.25) is 65.0 Å². The maximum atomic E-state index is 14.3. The minimum atomic E-state index is -1.83. The highest BCUT2D eigenvalue weighted by Gasteiger charge is 2.37. The number of benzene rings is 1. The standard InChI is InChI=1S/C54H93N15O14/c1-6-7-8-9-13-16-42(73)60-34(17-22-55)48(77)69-44(32(5)72)54(83)64-36(19-24-57)46(75)63-38-21-26-59-53(82)43(31(4)71)68-49(78)37(20-25-58)61-45(74)35(18-23-56)62-50(79)39(27-30(2)3)65-51(80)40(28-33-14-11-10-12-15-33)66-52(81)41(29-70)67-47(38)76/h10-12,14-15,30-32,34-41,43-44,70-72H,6-9,13,16-29,55-58H2,1-5H3,(H,59,82)(H,60,73)(H,61,74)(H,62,79)(H,63,75)(H,64,83)(H,65,80)(H,66,81)(H,67,76)(H,68,78)(H,69,77)/t31-,32-,34+,35+,36+,37+,38+,39+,40-,41+,43+,44+/m1/s1. The van der Waals surface area contributed by atoms with Crippen LogP contribution in [-0.2, 0) is 59.2 Å². The van der Waals surface area contributed by atoms with E-state index in [-0.39, 0.29) is 77.0 Å². The zero-order chi connectivity index (χ0) is 62.2. The van der Waals surface area contributed by atoms with Gasteiger partial charge in [0.25, 0.3) is 0 Å². The Bertz CT molecular complexity index is 2260. The van der Waals surface area contributed by atoms with Gasteiger partial charge in [0.1, 0.15) is 60.4 Å². The topological polar surface area (TPSA) is 485 Å². The Hall–Kier alpha value is -6.89. The van der Waals surface area contributed by atoms with Gasteiger partial charge in [0, 0.05) is 19.4 Å². The minimum absolute atomic E-state index is 0.0213. The Morgan fingerprint density at radius 2 is 1.11 bits per heavy atom. The van der Waals surface area contributed by atoms with Crippen molar-refractivity contribution < 1.29 is 68.1 Å². The highest BCUT2D eigenvalue weighted by molar-refractivity contribution is 5.99. The highest BCUT2D eigenvalue weighted by atomic mass is 16.3. The molecule has 22 N–H and O–H groups in total. The van der Waals surface area contributed by atoms with Gasteiger partial charge in [-0.3, -0.25) is 52.7 Å². The lowest BCUT2D eigenvalue weighted by Gasteiger charge is -2.28. The fourth-order valence-corrected chi connectivity index (χ4v) is 8.79. The average molecular weight is 1180 g/mol. The number of unbranched alkanes of at least 4 members (excludes halogenated alkanes) is 4. The van der Waals surface area contributed by atoms with E-state index in [1.165, 1.54) is 13.8 Å². The van der Waals surface area contributed by atoms with Crippen LogP contribution < -0.4 is 81.4 Å². The number of rotatable bonds is 28. The minimum Gasteiger partial charge on any atom is -0.394 e. The van der Waals surface area contributed by atoms with Gasteiger partial charge < -0.3 is 96.7 Å². The number of hydrogen-bond donors (Lipinski definition) is 18. The average Bonchev–Trinajstić information content (AvgIpc) is 3.53. The van der Waals surface area contributed by atoms with Crippen molar-refractivity contribution >= 4 is 65.0 Å². The first-order valence-electron chi connectivity index (χ1n) is 28.6. The van der Waals surface area contributed by atoms with Gasteiger partial charge in [-0.2, -0.15) is 0 Å². The molecule has 83 heavy (non-hydrogen) atoms. The molecule has 1 heterocycles. The van der Waals surface area contributed by atoms with Crippen molar-refractivity contribution in [3.05, 3.63) is 35.9 Å². The van der Waals surface area contributed by atoms with E-state index < -0.39 is 157 Å². The van der Waals surface area contributed by atoms with Crippen molar-refractivity contribution in [1.29, 1.82) is 0 Å². The van der Waals surface area contributed by atoms with Gasteiger partial charge in [-0.05, 0) is 96.5 Å². The number of amides is 11. The predicted octanol–water partition coefficient (Wildman–Crippen LogP) is -5.85. The SMILES string of the molecule is CCCCCCCC(=O)N[C@@H](CCN)C(=O)N[C@H](C(=O)N[C@@H](CCN)C(=O)N[C@H]1CCNC(=O)[C@H]([C@@H](C)O)NC(=O)[C@H](CCN)NC(=O)[C@H](CCN)NC(=O)[C@H](CC(C)C)NC(=O)[C@@H](Cc2ccccc2)NC(=O)[C@H](CO)NC1=O)[C@@H](C)O. The van der Waals surface area contributed by atoms with E-state index in [2.05, 4.69) is 65.4 Å². The van der Waals surface area contributed by atoms with Crippen LogP contribution >= 0.6 is 0 Å². The number of hydrogen-bond acceptors (Lipinski definition) is 18. The van der Waals surface area contributed by atoms with Gasteiger partial charge in [-0.1, -0.05) is 76.8 Å². The Morgan fingerprint density at radius 3 is 1.65 bits per heavy atom. The van der Waals surface area contributed by atoms with Crippen LogP contribution in [0.3, 0.4) is 0 Å². The third kappa shape index (κ3) is 26.1. The number of carbonyl (C=O) groups excluding carboxylic acids is 11. The Morgan fingerprint density at radius 1 is 0.590 bits per heavy atom. The van der Waals surface area contributed by atoms with Crippen LogP contribution in [0.2, 0.25) is 0 Å². The molecule has 1 aromatic carbocycles. The van der Waals surface area contributed by atoms with E-state index in [4.69, 9.17) is 22.9 Å². The summed E-state index contributed by atoms with van der Waals surface area (Å²) in [5.74, 6) is -10.5. The summed E-state index contributed by atoms with van der Waals surface area (Å²) >= 11 is 0. The maximum Gasteiger partial charge on any atom is 0.245 e. The molecule has 0 bridgehead atoms. The van der Waals surface area contributed by atoms with E-state index in [1.54, 1.807) is 44.2 Å². The largest absolute Gasteiger partial charge is 0.394 e. The molecule has 468 valence electrons. The molecule has 0 aromatic heterocycles. The van der Waals surface area contributed by atoms with Crippen LogP contribution in [-0.4, -0.2) is 192 Å². The second kappa shape index (κ2) is 38.8. The van der Waals surface area contributed by atoms with E-state index in [1.807, 2.05) is 0 Å². The molecule has 0 radical (unpaired) electrons. The molecular weight excluding hydrogens is 1080 g/mol. The van der Waals surface area contributed by atoms with Gasteiger partial charge in [-0.15, -0.1) is 0 Å². The van der Waals surface area contributed by atoms with Crippen molar-refractivity contribution in [3.63, 3.8) is 0 Å². The molecule has 0 unspecified atom stereocenters. The zero-order valence-electron chi connectivity index (χ0n) is 48.5. The Kier molecular flexibility index (Phi) is 33.8. The molecular formula is C54H93N15O14. The first-order valence-corrected chi connectivity index (χ1v) is 28.6. The fraction of sp³-hybridized carbons (Fsp3) is 0.685. The highest BCUT2D eigenvalue weighted by Crippen LogP contribution is 2.12. The van der Waals surface area contributed by atoms with Gasteiger partial charge >= 0.3 is 0 Å². The summed E-state index contributed by atoms with van der Waals surface area (Å²) < 4.78 is 0. The van der Waals surface area contributed by atoms with Crippen molar-refractivity contribution in [1.82, 2.24) is 58.5 Å². The summed E-state index contributed by atoms with van der Waals surface area (Å²) in [7, 11) is 0. The lowest BCUT2D eigenvalue weighted by atomic mass is 10.00. The molecule has 1 aromatic rings. The molecule has 0 aliphatic carbocycles. The number of nitrogens with two attached hydrogens (primary N) is 4. The van der Waals surface area contributed by atoms with E-state index >= 15 is 0 Å². The van der Waals surface area contributed by atoms with Gasteiger partial charge in [-0.25, -0.2) is 0 Å². The summed E-state index contributed by atoms with van der Waals surface area (Å²) in [6.45, 7) is 5.83. The molecule has 11 amide bonds. The summed E-state index contributed by atoms with van der Waals surface area (Å²) in [6, 6.07) is -6.97. The first kappa shape index (κ1) is 72.2. The Labute approximate surface area is 485 Å². The molecule has 0 spiro atoms. The van der Waals surface area contributed by atoms with Crippen molar-refractivity contribution in [2.75, 3.05) is 39.3 Å². The number of aliphatic hydroxyl groups is 3. The van der Waals surface area contributed by atoms with Crippen molar-refractivity contribution in [3.8, 4) is 0 Å². The van der Waals surface area contributed by atoms with Gasteiger partial charge in [0.05, 0.1) is 18.8 Å². The predicted molar refractivity (Wildman–Crippen MR) is 305 cm³/mol. The third-order valence-electron chi connectivity index (χ3n) is 13.4. The summed E-state index contributed by atoms with van der Waals surface area (Å²) in [4.78, 5) is 153. The second-order valence-corrected chi connectivity index (χ2v) is 21.1. The normalized spacial score (nSPS) is 22.8. The molecule has 1 fully saturated rings. The van der Waals surface area contributed by atoms with Crippen LogP contribution in [0.15, 0.2) is 30.3 Å². The van der Waals surface area contributed by atoms with E-state index in [0.29, 0.717) is 12.0 Å². The third-order valence-corrected chi connectivity index (χ3v) is 13.4. The monoisotopic (exact) mass is 1180 g/mol. The van der Waals surface area contributed by atoms with E-state index in [0.717, 1.165) is 25.7 Å². The van der Waals surface area contributed by atoms with Crippen LogP contribution in [0.1, 0.15) is 117 Å². The Balaban J connectivity index is 2.65. The van der Waals surface area contributed by atoms with Crippen LogP contribution in [0, 0.1) is 5.92 Å². The van der Waals surface area contributed by atoms with E-state index in [9.17, 15) is 68.1 Å². The molecule has 1 aliphatic rings. The lowest BCUT2D eigenvalue weighted by molar-refractivity contribution is -0.137. The van der Waals surface area contributed by atoms with Gasteiger partial charge in [0.15, 0.2) is 0 Å². The van der Waals surface area contributed by atoms with Crippen LogP contribution in [0.25, 0.3) is 0 Å². The van der Waals surface area contributed by atoms with Crippen molar-refractivity contribution in [2.24, 2.45) is 28.9 Å². The lowest BCUT2D eigenvalue weighted by Crippen LogP contribution is -2.62. The molecule has 1 saturated heterocycles. The molecule has 1 aliphatic heterocycles. The summed E-state index contributed by atoms with van der Waals surface area (Å²) in [5.41, 5.74) is 23.8. The molecule has 0 saturated carbocycles. The number of nitrogens with one attached hydrogen (secondary N) is 11. The molecule has 29 nitrogen and oxygen atoms in total. The second-order valence-electron chi connectivity index (χ2n) is 21.1. The van der Waals surface area contributed by atoms with Crippen molar-refractivity contribution in [2.45, 2.75) is 191 Å². The summed E-state index contributed by atoms with van der Waals surface area (Å²) in [5, 5.41) is 59.5. The number of carbonyl (C=O) groups is 11.